The first-order valence-corrected chi connectivity index (χ1v) is 7.73. The van der Waals surface area contributed by atoms with Gasteiger partial charge in [0.1, 0.15) is 16.4 Å². The van der Waals surface area contributed by atoms with Crippen molar-refractivity contribution in [3.63, 3.8) is 0 Å². The van der Waals surface area contributed by atoms with E-state index in [-0.39, 0.29) is 16.7 Å². The zero-order valence-corrected chi connectivity index (χ0v) is 12.9. The predicted molar refractivity (Wildman–Crippen MR) is 77.5 cm³/mol. The first-order chi connectivity index (χ1) is 9.49. The molecule has 0 bridgehead atoms. The summed E-state index contributed by atoms with van der Waals surface area (Å²) >= 11 is 1.51. The Balaban J connectivity index is 2.34. The van der Waals surface area contributed by atoms with Gasteiger partial charge in [-0.3, -0.25) is 0 Å². The first kappa shape index (κ1) is 15.3. The third-order valence-electron chi connectivity index (χ3n) is 3.20. The van der Waals surface area contributed by atoms with E-state index in [2.05, 4.69) is 9.97 Å². The van der Waals surface area contributed by atoms with Crippen LogP contribution in [0.5, 0.6) is 0 Å². The molecule has 1 saturated heterocycles. The molecule has 1 unspecified atom stereocenters. The summed E-state index contributed by atoms with van der Waals surface area (Å²) in [6, 6.07) is 0. The second-order valence-corrected chi connectivity index (χ2v) is 6.55. The van der Waals surface area contributed by atoms with E-state index < -0.39 is 5.97 Å². The highest BCUT2D eigenvalue weighted by molar-refractivity contribution is 8.00. The van der Waals surface area contributed by atoms with E-state index in [1.807, 2.05) is 13.8 Å². The molecule has 1 aromatic heterocycles. The molecule has 0 radical (unpaired) electrons. The normalized spacial score (nSPS) is 19.3. The summed E-state index contributed by atoms with van der Waals surface area (Å²) in [7, 11) is 0. The lowest BCUT2D eigenvalue weighted by Gasteiger charge is -2.22. The van der Waals surface area contributed by atoms with Crippen molar-refractivity contribution in [1.29, 1.82) is 0 Å². The molecule has 5 nitrogen and oxygen atoms in total. The summed E-state index contributed by atoms with van der Waals surface area (Å²) in [6.45, 7) is 7.20. The zero-order valence-electron chi connectivity index (χ0n) is 12.0. The van der Waals surface area contributed by atoms with Gasteiger partial charge in [0, 0.05) is 17.8 Å². The lowest BCUT2D eigenvalue weighted by Crippen LogP contribution is -2.20. The number of carboxylic acids is 1. The van der Waals surface area contributed by atoms with Crippen molar-refractivity contribution in [3.05, 3.63) is 17.1 Å². The van der Waals surface area contributed by atoms with Crippen LogP contribution in [0.25, 0.3) is 0 Å². The van der Waals surface area contributed by atoms with Gasteiger partial charge in [0.05, 0.1) is 12.3 Å². The topological polar surface area (TPSA) is 72.3 Å². The van der Waals surface area contributed by atoms with Crippen LogP contribution >= 0.6 is 11.8 Å². The maximum atomic E-state index is 11.4. The van der Waals surface area contributed by atoms with Crippen LogP contribution in [0, 0.1) is 6.92 Å². The number of hydrogen-bond donors (Lipinski definition) is 1. The molecule has 2 rings (SSSR count). The first-order valence-electron chi connectivity index (χ1n) is 6.85. The number of aryl methyl sites for hydroxylation is 1. The van der Waals surface area contributed by atoms with Gasteiger partial charge in [0.15, 0.2) is 0 Å². The van der Waals surface area contributed by atoms with Crippen LogP contribution < -0.4 is 0 Å². The average Bonchev–Trinajstić information content (AvgIpc) is 2.38. The van der Waals surface area contributed by atoms with Gasteiger partial charge < -0.3 is 9.84 Å². The van der Waals surface area contributed by atoms with Crippen LogP contribution in [0.15, 0.2) is 5.03 Å². The van der Waals surface area contributed by atoms with Gasteiger partial charge in [-0.25, -0.2) is 14.8 Å². The highest BCUT2D eigenvalue weighted by Gasteiger charge is 2.23. The van der Waals surface area contributed by atoms with E-state index in [0.29, 0.717) is 23.2 Å². The minimum Gasteiger partial charge on any atom is -0.478 e. The largest absolute Gasteiger partial charge is 0.478 e. The number of carbonyl (C=O) groups is 1. The number of hydrogen-bond acceptors (Lipinski definition) is 5. The molecule has 1 aliphatic rings. The SMILES string of the molecule is Cc1nc(C(C)C)nc(SC2CCCOC2)c1C(=O)O. The summed E-state index contributed by atoms with van der Waals surface area (Å²) < 4.78 is 5.45. The zero-order chi connectivity index (χ0) is 14.7. The number of thioether (sulfide) groups is 1. The monoisotopic (exact) mass is 296 g/mol. The Morgan fingerprint density at radius 2 is 2.20 bits per heavy atom. The Morgan fingerprint density at radius 3 is 2.75 bits per heavy atom. The molecule has 0 saturated carbocycles. The van der Waals surface area contributed by atoms with Crippen LogP contribution in [-0.2, 0) is 4.74 Å². The molecule has 20 heavy (non-hydrogen) atoms. The van der Waals surface area contributed by atoms with Gasteiger partial charge in [-0.15, -0.1) is 0 Å². The Kier molecular flexibility index (Phi) is 4.99. The molecule has 1 N–H and O–H groups in total. The van der Waals surface area contributed by atoms with Crippen LogP contribution in [-0.4, -0.2) is 39.5 Å². The summed E-state index contributed by atoms with van der Waals surface area (Å²) in [4.78, 5) is 20.2. The Morgan fingerprint density at radius 1 is 1.45 bits per heavy atom. The van der Waals surface area contributed by atoms with E-state index in [9.17, 15) is 9.90 Å². The van der Waals surface area contributed by atoms with Crippen molar-refractivity contribution in [1.82, 2.24) is 9.97 Å². The summed E-state index contributed by atoms with van der Waals surface area (Å²) in [6.07, 6.45) is 2.05. The Hall–Kier alpha value is -1.14. The van der Waals surface area contributed by atoms with E-state index in [1.165, 1.54) is 11.8 Å². The second-order valence-electron chi connectivity index (χ2n) is 5.26. The fourth-order valence-electron chi connectivity index (χ4n) is 2.12. The molecule has 0 amide bonds. The fourth-order valence-corrected chi connectivity index (χ4v) is 3.38. The molecule has 1 atom stereocenters. The molecule has 1 aliphatic heterocycles. The minimum absolute atomic E-state index is 0.179. The maximum Gasteiger partial charge on any atom is 0.340 e. The van der Waals surface area contributed by atoms with E-state index in [0.717, 1.165) is 19.4 Å². The highest BCUT2D eigenvalue weighted by atomic mass is 32.2. The predicted octanol–water partition coefficient (Wildman–Crippen LogP) is 2.88. The van der Waals surface area contributed by atoms with Crippen molar-refractivity contribution in [2.75, 3.05) is 13.2 Å². The molecule has 0 spiro atoms. The van der Waals surface area contributed by atoms with E-state index >= 15 is 0 Å². The Labute approximate surface area is 123 Å². The lowest BCUT2D eigenvalue weighted by molar-refractivity contribution is 0.0690. The van der Waals surface area contributed by atoms with Gasteiger partial charge >= 0.3 is 5.97 Å². The molecular weight excluding hydrogens is 276 g/mol. The van der Waals surface area contributed by atoms with E-state index in [4.69, 9.17) is 4.74 Å². The van der Waals surface area contributed by atoms with Crippen LogP contribution in [0.4, 0.5) is 0 Å². The van der Waals surface area contributed by atoms with Gasteiger partial charge in [0.25, 0.3) is 0 Å². The molecule has 6 heteroatoms. The third-order valence-corrected chi connectivity index (χ3v) is 4.42. The van der Waals surface area contributed by atoms with Crippen molar-refractivity contribution in [3.8, 4) is 0 Å². The van der Waals surface area contributed by atoms with Gasteiger partial charge in [-0.05, 0) is 19.8 Å². The van der Waals surface area contributed by atoms with Crippen LogP contribution in [0.2, 0.25) is 0 Å². The molecular formula is C14H20N2O3S. The number of nitrogens with zero attached hydrogens (tertiary/aromatic N) is 2. The van der Waals surface area contributed by atoms with Crippen LogP contribution in [0.3, 0.4) is 0 Å². The molecule has 2 heterocycles. The Bertz CT molecular complexity index is 499. The van der Waals surface area contributed by atoms with Gasteiger partial charge in [-0.2, -0.15) is 0 Å². The second kappa shape index (κ2) is 6.54. The number of aromatic carboxylic acids is 1. The van der Waals surface area contributed by atoms with Gasteiger partial charge in [-0.1, -0.05) is 25.6 Å². The minimum atomic E-state index is -0.961. The maximum absolute atomic E-state index is 11.4. The molecule has 1 fully saturated rings. The van der Waals surface area contributed by atoms with E-state index in [1.54, 1.807) is 6.92 Å². The number of rotatable bonds is 4. The van der Waals surface area contributed by atoms with Gasteiger partial charge in [0.2, 0.25) is 0 Å². The third kappa shape index (κ3) is 3.49. The number of carboxylic acid groups (broad SMARTS) is 1. The summed E-state index contributed by atoms with van der Waals surface area (Å²) in [5, 5.41) is 10.2. The van der Waals surface area contributed by atoms with Crippen molar-refractivity contribution < 1.29 is 14.6 Å². The van der Waals surface area contributed by atoms with Crippen molar-refractivity contribution >= 4 is 17.7 Å². The smallest absolute Gasteiger partial charge is 0.340 e. The van der Waals surface area contributed by atoms with Crippen molar-refractivity contribution in [2.45, 2.75) is 49.8 Å². The molecule has 0 aliphatic carbocycles. The highest BCUT2D eigenvalue weighted by Crippen LogP contribution is 2.31. The number of ether oxygens (including phenoxy) is 1. The molecule has 110 valence electrons. The standard InChI is InChI=1S/C14H20N2O3S/c1-8(2)12-15-9(3)11(14(17)18)13(16-12)20-10-5-4-6-19-7-10/h8,10H,4-7H2,1-3H3,(H,17,18). The van der Waals surface area contributed by atoms with Crippen molar-refractivity contribution in [2.24, 2.45) is 0 Å². The molecule has 0 aromatic carbocycles. The summed E-state index contributed by atoms with van der Waals surface area (Å²) in [5.41, 5.74) is 0.764. The van der Waals surface area contributed by atoms with Crippen LogP contribution in [0.1, 0.15) is 54.5 Å². The summed E-state index contributed by atoms with van der Waals surface area (Å²) in [5.74, 6) is -0.0812. The quantitative estimate of drug-likeness (QED) is 0.861. The molecule has 1 aromatic rings. The number of aromatic nitrogens is 2. The lowest BCUT2D eigenvalue weighted by atomic mass is 10.2. The fraction of sp³-hybridized carbons (Fsp3) is 0.643. The average molecular weight is 296 g/mol.